The Kier molecular flexibility index (Phi) is 5.39. The summed E-state index contributed by atoms with van der Waals surface area (Å²) in [5.74, 6) is 0.645. The summed E-state index contributed by atoms with van der Waals surface area (Å²) in [6.07, 6.45) is -0.810. The van der Waals surface area contributed by atoms with Gasteiger partial charge in [0, 0.05) is 11.3 Å². The highest BCUT2D eigenvalue weighted by Gasteiger charge is 2.36. The van der Waals surface area contributed by atoms with E-state index in [-0.39, 0.29) is 23.6 Å². The highest BCUT2D eigenvalue weighted by molar-refractivity contribution is 5.99. The number of ether oxygens (including phenoxy) is 4. The zero-order valence-electron chi connectivity index (χ0n) is 17.0. The molecule has 1 aliphatic rings. The van der Waals surface area contributed by atoms with Gasteiger partial charge in [-0.1, -0.05) is 6.07 Å². The molecule has 1 aliphatic heterocycles. The Morgan fingerprint density at radius 2 is 1.90 bits per heavy atom. The molecule has 0 aliphatic carbocycles. The molecule has 11 nitrogen and oxygen atoms in total. The maximum Gasteiger partial charge on any atom is 0.343 e. The molecular weight excluding hydrogens is 406 g/mol. The number of rotatable bonds is 7. The molecule has 1 atom stereocenters. The number of cyclic esters (lactones) is 1. The Morgan fingerprint density at radius 1 is 1.13 bits per heavy atom. The minimum absolute atomic E-state index is 0.0716. The van der Waals surface area contributed by atoms with Gasteiger partial charge in [-0.15, -0.1) is 10.2 Å². The number of H-pyrrole nitrogens is 1. The summed E-state index contributed by atoms with van der Waals surface area (Å²) in [7, 11) is 4.44. The molecule has 0 fully saturated rings. The van der Waals surface area contributed by atoms with Crippen LogP contribution in [0.25, 0.3) is 11.4 Å². The smallest absolute Gasteiger partial charge is 0.343 e. The van der Waals surface area contributed by atoms with E-state index in [9.17, 15) is 9.59 Å². The van der Waals surface area contributed by atoms with Crippen molar-refractivity contribution in [1.29, 1.82) is 0 Å². The first kappa shape index (κ1) is 20.1. The van der Waals surface area contributed by atoms with Gasteiger partial charge in [-0.3, -0.25) is 4.79 Å². The zero-order valence-corrected chi connectivity index (χ0v) is 17.0. The monoisotopic (exact) mass is 425 g/mol. The van der Waals surface area contributed by atoms with Crippen molar-refractivity contribution in [2.45, 2.75) is 12.5 Å². The topological polar surface area (TPSA) is 138 Å². The molecule has 2 N–H and O–H groups in total. The number of hydrogen-bond donors (Lipinski definition) is 2. The second-order valence-corrected chi connectivity index (χ2v) is 6.56. The lowest BCUT2D eigenvalue weighted by Crippen LogP contribution is -2.16. The number of aromatic amines is 1. The van der Waals surface area contributed by atoms with Gasteiger partial charge in [0.25, 0.3) is 0 Å². The Bertz CT molecular complexity index is 1130. The lowest BCUT2D eigenvalue weighted by Gasteiger charge is -2.13. The lowest BCUT2D eigenvalue weighted by molar-refractivity contribution is -0.118. The average molecular weight is 425 g/mol. The van der Waals surface area contributed by atoms with Crippen molar-refractivity contribution >= 4 is 17.6 Å². The van der Waals surface area contributed by atoms with E-state index in [2.05, 4.69) is 25.9 Å². The number of carbonyl (C=O) groups excluding carboxylic acids is 2. The summed E-state index contributed by atoms with van der Waals surface area (Å²) in [6, 6.07) is 8.41. The van der Waals surface area contributed by atoms with Gasteiger partial charge in [0.15, 0.2) is 11.5 Å². The minimum atomic E-state index is -0.739. The summed E-state index contributed by atoms with van der Waals surface area (Å²) in [4.78, 5) is 25.1. The Balaban J connectivity index is 1.54. The fourth-order valence-corrected chi connectivity index (χ4v) is 3.44. The van der Waals surface area contributed by atoms with E-state index in [1.807, 2.05) is 0 Å². The van der Waals surface area contributed by atoms with Crippen LogP contribution in [0, 0.1) is 0 Å². The number of amides is 1. The summed E-state index contributed by atoms with van der Waals surface area (Å²) >= 11 is 0. The molecule has 3 aromatic rings. The summed E-state index contributed by atoms with van der Waals surface area (Å²) in [6.45, 7) is 0. The van der Waals surface area contributed by atoms with E-state index in [1.54, 1.807) is 30.3 Å². The van der Waals surface area contributed by atoms with Crippen LogP contribution >= 0.6 is 0 Å². The number of methoxy groups -OCH3 is 3. The van der Waals surface area contributed by atoms with Crippen molar-refractivity contribution in [1.82, 2.24) is 20.6 Å². The van der Waals surface area contributed by atoms with Gasteiger partial charge in [0.2, 0.25) is 11.7 Å². The molecule has 0 saturated carbocycles. The third-order valence-corrected chi connectivity index (χ3v) is 4.82. The molecule has 11 heteroatoms. The number of nitrogens with zero attached hydrogens (tertiary/aromatic N) is 3. The Morgan fingerprint density at radius 3 is 2.58 bits per heavy atom. The Labute approximate surface area is 176 Å². The van der Waals surface area contributed by atoms with Gasteiger partial charge in [0.1, 0.15) is 17.4 Å². The highest BCUT2D eigenvalue weighted by atomic mass is 16.6. The van der Waals surface area contributed by atoms with Crippen molar-refractivity contribution in [2.75, 3.05) is 26.6 Å². The molecule has 1 unspecified atom stereocenters. The molecule has 1 aromatic heterocycles. The van der Waals surface area contributed by atoms with Gasteiger partial charge < -0.3 is 24.3 Å². The predicted octanol–water partition coefficient (Wildman–Crippen LogP) is 2.13. The van der Waals surface area contributed by atoms with E-state index in [1.165, 1.54) is 21.3 Å². The van der Waals surface area contributed by atoms with Crippen molar-refractivity contribution < 1.29 is 28.5 Å². The van der Waals surface area contributed by atoms with Crippen molar-refractivity contribution in [3.63, 3.8) is 0 Å². The second-order valence-electron chi connectivity index (χ2n) is 6.56. The summed E-state index contributed by atoms with van der Waals surface area (Å²) in [5.41, 5.74) is 1.90. The van der Waals surface area contributed by atoms with Crippen LogP contribution in [0.4, 0.5) is 5.69 Å². The number of fused-ring (bicyclic) bond motifs is 1. The van der Waals surface area contributed by atoms with Gasteiger partial charge in [0.05, 0.1) is 33.3 Å². The van der Waals surface area contributed by atoms with Crippen LogP contribution < -0.4 is 19.5 Å². The molecular formula is C20H19N5O6. The van der Waals surface area contributed by atoms with E-state index in [0.29, 0.717) is 34.1 Å². The molecule has 160 valence electrons. The van der Waals surface area contributed by atoms with Crippen LogP contribution in [0.2, 0.25) is 0 Å². The fourth-order valence-electron chi connectivity index (χ4n) is 3.44. The zero-order chi connectivity index (χ0) is 22.0. The summed E-state index contributed by atoms with van der Waals surface area (Å²) < 4.78 is 21.3. The van der Waals surface area contributed by atoms with Crippen LogP contribution in [-0.4, -0.2) is 53.8 Å². The van der Waals surface area contributed by atoms with Gasteiger partial charge >= 0.3 is 5.97 Å². The molecule has 0 bridgehead atoms. The first-order chi connectivity index (χ1) is 15.0. The average Bonchev–Trinajstić information content (AvgIpc) is 3.41. The number of carbonyl (C=O) groups is 2. The van der Waals surface area contributed by atoms with Crippen molar-refractivity contribution in [3.8, 4) is 28.6 Å². The number of esters is 1. The van der Waals surface area contributed by atoms with E-state index >= 15 is 0 Å². The normalized spacial score (nSPS) is 14.5. The molecule has 0 saturated heterocycles. The quantitative estimate of drug-likeness (QED) is 0.545. The number of hydrogen-bond acceptors (Lipinski definition) is 9. The van der Waals surface area contributed by atoms with E-state index < -0.39 is 12.1 Å². The predicted molar refractivity (Wildman–Crippen MR) is 107 cm³/mol. The van der Waals surface area contributed by atoms with Gasteiger partial charge in [-0.25, -0.2) is 4.79 Å². The maximum absolute atomic E-state index is 12.7. The molecule has 0 spiro atoms. The maximum atomic E-state index is 12.7. The van der Waals surface area contributed by atoms with Crippen LogP contribution in [0.15, 0.2) is 30.3 Å². The van der Waals surface area contributed by atoms with Crippen molar-refractivity contribution in [3.05, 3.63) is 41.5 Å². The fraction of sp³-hybridized carbons (Fsp3) is 0.250. The lowest BCUT2D eigenvalue weighted by atomic mass is 10.0. The largest absolute Gasteiger partial charge is 0.496 e. The molecule has 31 heavy (non-hydrogen) atoms. The SMILES string of the molecule is COc1ccc(NC(=O)CC2OC(=O)c3c2ccc(OC)c3OC)cc1-c1nn[nH]n1. The Hall–Kier alpha value is -4.15. The first-order valence-electron chi connectivity index (χ1n) is 9.23. The molecule has 1 amide bonds. The number of nitrogens with one attached hydrogen (secondary N) is 2. The van der Waals surface area contributed by atoms with E-state index in [4.69, 9.17) is 18.9 Å². The minimum Gasteiger partial charge on any atom is -0.496 e. The standard InChI is InChI=1S/C20H19N5O6/c1-28-13-6-4-10(8-12(13)19-22-24-25-23-19)21-16(26)9-15-11-5-7-14(29-2)18(30-3)17(11)20(27)31-15/h4-8,15H,9H2,1-3H3,(H,21,26)(H,22,23,24,25). The molecule has 2 aromatic carbocycles. The molecule has 4 rings (SSSR count). The highest BCUT2D eigenvalue weighted by Crippen LogP contribution is 2.43. The summed E-state index contributed by atoms with van der Waals surface area (Å²) in [5, 5.41) is 16.6. The number of tetrazole rings is 1. The van der Waals surface area contributed by atoms with E-state index in [0.717, 1.165) is 0 Å². The van der Waals surface area contributed by atoms with Crippen LogP contribution in [0.3, 0.4) is 0 Å². The van der Waals surface area contributed by atoms with Crippen LogP contribution in [0.5, 0.6) is 17.2 Å². The number of benzene rings is 2. The number of aromatic nitrogens is 4. The first-order valence-corrected chi connectivity index (χ1v) is 9.23. The van der Waals surface area contributed by atoms with Gasteiger partial charge in [-0.2, -0.15) is 5.21 Å². The van der Waals surface area contributed by atoms with Crippen LogP contribution in [0.1, 0.15) is 28.4 Å². The third-order valence-electron chi connectivity index (χ3n) is 4.82. The third kappa shape index (κ3) is 3.72. The second kappa shape index (κ2) is 8.30. The van der Waals surface area contributed by atoms with Crippen LogP contribution in [-0.2, 0) is 9.53 Å². The molecule has 2 heterocycles. The molecule has 0 radical (unpaired) electrons. The van der Waals surface area contributed by atoms with Crippen molar-refractivity contribution in [2.24, 2.45) is 0 Å². The van der Waals surface area contributed by atoms with Gasteiger partial charge in [-0.05, 0) is 29.5 Å². The number of anilines is 1.